The number of halogens is 1. The van der Waals surface area contributed by atoms with Crippen molar-refractivity contribution in [2.24, 2.45) is 0 Å². The van der Waals surface area contributed by atoms with Crippen LogP contribution < -0.4 is 5.32 Å². The van der Waals surface area contributed by atoms with Gasteiger partial charge in [-0.05, 0) is 19.1 Å². The maximum atomic E-state index is 13.3. The first-order valence-corrected chi connectivity index (χ1v) is 7.11. The van der Waals surface area contributed by atoms with E-state index < -0.39 is 38.3 Å². The first kappa shape index (κ1) is 15.1. The maximum Gasteiger partial charge on any atom is 0.340 e. The molecule has 0 aliphatic carbocycles. The van der Waals surface area contributed by atoms with Crippen LogP contribution in [0.15, 0.2) is 18.2 Å². The predicted molar refractivity (Wildman–Crippen MR) is 66.3 cm³/mol. The second-order valence-corrected chi connectivity index (χ2v) is 6.29. The molecule has 0 aliphatic heterocycles. The van der Waals surface area contributed by atoms with Crippen molar-refractivity contribution in [2.45, 2.75) is 12.2 Å². The Morgan fingerprint density at radius 2 is 1.95 bits per heavy atom. The van der Waals surface area contributed by atoms with Crippen LogP contribution in [-0.4, -0.2) is 36.9 Å². The summed E-state index contributed by atoms with van der Waals surface area (Å²) < 4.78 is 35.7. The molecule has 0 fully saturated rings. The summed E-state index contributed by atoms with van der Waals surface area (Å²) in [6.45, 7) is 1.16. The number of carboxylic acid groups (broad SMARTS) is 1. The minimum absolute atomic E-state index is 0.284. The monoisotopic (exact) mass is 289 g/mol. The van der Waals surface area contributed by atoms with Crippen LogP contribution in [0.25, 0.3) is 0 Å². The van der Waals surface area contributed by atoms with Crippen LogP contribution in [0.1, 0.15) is 17.3 Å². The Bertz CT molecular complexity index is 626. The van der Waals surface area contributed by atoms with Crippen LogP contribution in [0, 0.1) is 5.82 Å². The van der Waals surface area contributed by atoms with Crippen LogP contribution in [0.5, 0.6) is 0 Å². The summed E-state index contributed by atoms with van der Waals surface area (Å²) in [4.78, 5) is 22.5. The molecule has 0 heterocycles. The molecule has 0 aromatic heterocycles. The fourth-order valence-corrected chi connectivity index (χ4v) is 1.72. The van der Waals surface area contributed by atoms with Crippen LogP contribution in [0.4, 0.5) is 10.1 Å². The lowest BCUT2D eigenvalue weighted by Gasteiger charge is -2.12. The third-order valence-corrected chi connectivity index (χ3v) is 4.00. The molecule has 6 nitrogen and oxygen atoms in total. The zero-order valence-corrected chi connectivity index (χ0v) is 11.0. The molecular weight excluding hydrogens is 277 g/mol. The molecule has 0 bridgehead atoms. The second-order valence-electron chi connectivity index (χ2n) is 3.93. The van der Waals surface area contributed by atoms with E-state index in [1.807, 2.05) is 0 Å². The van der Waals surface area contributed by atoms with E-state index in [-0.39, 0.29) is 5.69 Å². The van der Waals surface area contributed by atoms with Crippen LogP contribution in [0.2, 0.25) is 0 Å². The molecular formula is C11H12FNO5S. The highest BCUT2D eigenvalue weighted by molar-refractivity contribution is 7.92. The SMILES string of the molecule is CC(C(=O)Nc1cccc(F)c1C(=O)O)S(C)(=O)=O. The molecule has 1 aromatic carbocycles. The van der Waals surface area contributed by atoms with Gasteiger partial charge in [-0.3, -0.25) is 4.79 Å². The lowest BCUT2D eigenvalue weighted by Crippen LogP contribution is -2.32. The van der Waals surface area contributed by atoms with Crippen molar-refractivity contribution in [2.75, 3.05) is 11.6 Å². The van der Waals surface area contributed by atoms with Crippen molar-refractivity contribution >= 4 is 27.4 Å². The molecule has 0 saturated heterocycles. The molecule has 8 heteroatoms. The van der Waals surface area contributed by atoms with E-state index in [2.05, 4.69) is 5.32 Å². The van der Waals surface area contributed by atoms with Crippen molar-refractivity contribution in [1.82, 2.24) is 0 Å². The molecule has 1 rings (SSSR count). The molecule has 104 valence electrons. The number of hydrogen-bond acceptors (Lipinski definition) is 4. The Kier molecular flexibility index (Phi) is 4.25. The van der Waals surface area contributed by atoms with Crippen molar-refractivity contribution < 1.29 is 27.5 Å². The molecule has 1 amide bonds. The quantitative estimate of drug-likeness (QED) is 0.857. The van der Waals surface area contributed by atoms with E-state index in [1.54, 1.807) is 0 Å². The van der Waals surface area contributed by atoms with Gasteiger partial charge in [0.15, 0.2) is 9.84 Å². The van der Waals surface area contributed by atoms with Crippen LogP contribution >= 0.6 is 0 Å². The van der Waals surface area contributed by atoms with Gasteiger partial charge in [0, 0.05) is 6.26 Å². The summed E-state index contributed by atoms with van der Waals surface area (Å²) in [5, 5.41) is 9.58. The molecule has 1 aromatic rings. The van der Waals surface area contributed by atoms with Gasteiger partial charge in [0.25, 0.3) is 0 Å². The lowest BCUT2D eigenvalue weighted by molar-refractivity contribution is -0.115. The fourth-order valence-electron chi connectivity index (χ4n) is 1.27. The number of hydrogen-bond donors (Lipinski definition) is 2. The van der Waals surface area contributed by atoms with Crippen LogP contribution in [-0.2, 0) is 14.6 Å². The van der Waals surface area contributed by atoms with Crippen molar-refractivity contribution in [3.05, 3.63) is 29.6 Å². The number of amides is 1. The molecule has 0 radical (unpaired) electrons. The van der Waals surface area contributed by atoms with Gasteiger partial charge in [-0.2, -0.15) is 0 Å². The Balaban J connectivity index is 3.11. The number of carboxylic acids is 1. The third kappa shape index (κ3) is 3.50. The zero-order chi connectivity index (χ0) is 14.8. The number of benzene rings is 1. The Labute approximate surface area is 109 Å². The number of aromatic carboxylic acids is 1. The number of anilines is 1. The summed E-state index contributed by atoms with van der Waals surface area (Å²) >= 11 is 0. The third-order valence-electron chi connectivity index (χ3n) is 2.50. The molecule has 1 unspecified atom stereocenters. The smallest absolute Gasteiger partial charge is 0.340 e. The molecule has 0 aliphatic rings. The minimum Gasteiger partial charge on any atom is -0.478 e. The van der Waals surface area contributed by atoms with E-state index in [0.717, 1.165) is 19.2 Å². The number of rotatable bonds is 4. The van der Waals surface area contributed by atoms with E-state index in [9.17, 15) is 22.4 Å². The summed E-state index contributed by atoms with van der Waals surface area (Å²) in [6, 6.07) is 3.32. The highest BCUT2D eigenvalue weighted by Crippen LogP contribution is 2.19. The number of sulfone groups is 1. The minimum atomic E-state index is -3.62. The van der Waals surface area contributed by atoms with Crippen molar-refractivity contribution in [3.63, 3.8) is 0 Å². The van der Waals surface area contributed by atoms with Gasteiger partial charge in [0.1, 0.15) is 16.6 Å². The Morgan fingerprint density at radius 1 is 1.37 bits per heavy atom. The van der Waals surface area contributed by atoms with Crippen molar-refractivity contribution in [3.8, 4) is 0 Å². The van der Waals surface area contributed by atoms with E-state index in [4.69, 9.17) is 5.11 Å². The van der Waals surface area contributed by atoms with Gasteiger partial charge >= 0.3 is 5.97 Å². The molecule has 0 spiro atoms. The summed E-state index contributed by atoms with van der Waals surface area (Å²) in [5.41, 5.74) is -0.996. The first-order chi connectivity index (χ1) is 8.64. The molecule has 1 atom stereocenters. The second kappa shape index (κ2) is 5.35. The number of nitrogens with one attached hydrogen (secondary N) is 1. The van der Waals surface area contributed by atoms with Crippen molar-refractivity contribution in [1.29, 1.82) is 0 Å². The molecule has 19 heavy (non-hydrogen) atoms. The van der Waals surface area contributed by atoms with E-state index in [0.29, 0.717) is 0 Å². The Morgan fingerprint density at radius 3 is 2.42 bits per heavy atom. The number of carbonyl (C=O) groups excluding carboxylic acids is 1. The number of carbonyl (C=O) groups is 2. The molecule has 2 N–H and O–H groups in total. The van der Waals surface area contributed by atoms with Gasteiger partial charge in [0.2, 0.25) is 5.91 Å². The highest BCUT2D eigenvalue weighted by atomic mass is 32.2. The fraction of sp³-hybridized carbons (Fsp3) is 0.273. The highest BCUT2D eigenvalue weighted by Gasteiger charge is 2.25. The Hall–Kier alpha value is -1.96. The standard InChI is InChI=1S/C11H12FNO5S/c1-6(19(2,17)18)10(14)13-8-5-3-4-7(12)9(8)11(15)16/h3-6H,1-2H3,(H,13,14)(H,15,16). The summed E-state index contributed by atoms with van der Waals surface area (Å²) in [7, 11) is -3.62. The first-order valence-electron chi connectivity index (χ1n) is 5.16. The normalized spacial score (nSPS) is 12.8. The lowest BCUT2D eigenvalue weighted by atomic mass is 10.1. The topological polar surface area (TPSA) is 101 Å². The molecule has 0 saturated carbocycles. The predicted octanol–water partition coefficient (Wildman–Crippen LogP) is 0.896. The average Bonchev–Trinajstić information content (AvgIpc) is 2.26. The van der Waals surface area contributed by atoms with Crippen LogP contribution in [0.3, 0.4) is 0 Å². The largest absolute Gasteiger partial charge is 0.478 e. The maximum absolute atomic E-state index is 13.3. The van der Waals surface area contributed by atoms with E-state index in [1.165, 1.54) is 12.1 Å². The average molecular weight is 289 g/mol. The van der Waals surface area contributed by atoms with Gasteiger partial charge in [0.05, 0.1) is 5.69 Å². The van der Waals surface area contributed by atoms with Gasteiger partial charge in [-0.15, -0.1) is 0 Å². The van der Waals surface area contributed by atoms with Gasteiger partial charge < -0.3 is 10.4 Å². The summed E-state index contributed by atoms with van der Waals surface area (Å²) in [5.74, 6) is -3.49. The zero-order valence-electron chi connectivity index (χ0n) is 10.2. The van der Waals surface area contributed by atoms with Gasteiger partial charge in [-0.25, -0.2) is 17.6 Å². The van der Waals surface area contributed by atoms with Gasteiger partial charge in [-0.1, -0.05) is 6.07 Å². The van der Waals surface area contributed by atoms with E-state index >= 15 is 0 Å². The summed E-state index contributed by atoms with van der Waals surface area (Å²) in [6.07, 6.45) is 0.876.